The highest BCUT2D eigenvalue weighted by Crippen LogP contribution is 2.29. The van der Waals surface area contributed by atoms with Crippen LogP contribution in [0.15, 0.2) is 18.2 Å². The number of nitrogens with one attached hydrogen (secondary N) is 1. The number of aromatic nitrogens is 1. The van der Waals surface area contributed by atoms with Crippen molar-refractivity contribution in [3.63, 3.8) is 0 Å². The third-order valence-electron chi connectivity index (χ3n) is 1.47. The van der Waals surface area contributed by atoms with Gasteiger partial charge in [0.2, 0.25) is 5.88 Å². The van der Waals surface area contributed by atoms with Crippen LogP contribution in [0, 0.1) is 0 Å². The van der Waals surface area contributed by atoms with Gasteiger partial charge in [0.25, 0.3) is 0 Å². The van der Waals surface area contributed by atoms with Crippen molar-refractivity contribution in [2.24, 2.45) is 0 Å². The second kappa shape index (κ2) is 4.39. The molecule has 0 aliphatic carbocycles. The maximum absolute atomic E-state index is 11.0. The number of esters is 1. The second-order valence-electron chi connectivity index (χ2n) is 2.89. The van der Waals surface area contributed by atoms with Crippen molar-refractivity contribution in [2.45, 2.75) is 6.92 Å². The van der Waals surface area contributed by atoms with Gasteiger partial charge in [-0.25, -0.2) is 9.59 Å². The van der Waals surface area contributed by atoms with Crippen LogP contribution in [-0.2, 0) is 9.53 Å². The quantitative estimate of drug-likeness (QED) is 0.395. The largest absolute Gasteiger partial charge is 0.522 e. The van der Waals surface area contributed by atoms with Crippen LogP contribution in [0.5, 0.6) is 17.5 Å². The van der Waals surface area contributed by atoms with Crippen molar-refractivity contribution < 1.29 is 29.3 Å². The van der Waals surface area contributed by atoms with Crippen LogP contribution in [0.3, 0.4) is 0 Å². The maximum atomic E-state index is 11.0. The summed E-state index contributed by atoms with van der Waals surface area (Å²) in [6.45, 7) is 4.62. The van der Waals surface area contributed by atoms with E-state index in [9.17, 15) is 9.59 Å². The van der Waals surface area contributed by atoms with Crippen molar-refractivity contribution in [1.29, 1.82) is 0 Å². The molecule has 7 nitrogen and oxygen atoms in total. The van der Waals surface area contributed by atoms with Crippen molar-refractivity contribution in [1.82, 2.24) is 4.98 Å². The molecule has 0 spiro atoms. The van der Waals surface area contributed by atoms with Gasteiger partial charge in [-0.15, -0.1) is 0 Å². The average Bonchev–Trinajstić information content (AvgIpc) is 2.44. The van der Waals surface area contributed by atoms with E-state index >= 15 is 0 Å². The Morgan fingerprint density at radius 2 is 2.06 bits per heavy atom. The molecular weight excluding hydrogens is 218 g/mol. The summed E-state index contributed by atoms with van der Waals surface area (Å²) in [7, 11) is 0. The molecule has 1 aromatic heterocycles. The van der Waals surface area contributed by atoms with Crippen molar-refractivity contribution >= 4 is 12.1 Å². The van der Waals surface area contributed by atoms with Crippen LogP contribution in [-0.4, -0.2) is 27.3 Å². The first-order valence-electron chi connectivity index (χ1n) is 4.10. The van der Waals surface area contributed by atoms with E-state index < -0.39 is 23.9 Å². The normalized spacial score (nSPS) is 9.56. The Balaban J connectivity index is 2.62. The molecule has 1 heterocycles. The summed E-state index contributed by atoms with van der Waals surface area (Å²) in [5, 5.41) is 18.0. The fraction of sp³-hybridized carbons (Fsp3) is 0.111. The van der Waals surface area contributed by atoms with E-state index in [1.54, 1.807) is 0 Å². The fourth-order valence-electron chi connectivity index (χ4n) is 0.763. The van der Waals surface area contributed by atoms with Gasteiger partial charge in [0, 0.05) is 11.6 Å². The van der Waals surface area contributed by atoms with Crippen LogP contribution in [0.25, 0.3) is 0 Å². The summed E-state index contributed by atoms with van der Waals surface area (Å²) in [6, 6.07) is 0.946. The molecule has 7 heteroatoms. The second-order valence-corrected chi connectivity index (χ2v) is 2.89. The van der Waals surface area contributed by atoms with Crippen LogP contribution in [0.2, 0.25) is 0 Å². The predicted octanol–water partition coefficient (Wildman–Crippen LogP) is 1.04. The monoisotopic (exact) mass is 227 g/mol. The minimum absolute atomic E-state index is 0.0260. The molecule has 0 aromatic carbocycles. The summed E-state index contributed by atoms with van der Waals surface area (Å²) in [4.78, 5) is 23.9. The Labute approximate surface area is 89.9 Å². The number of carbonyl (C=O) groups excluding carboxylic acids is 2. The Kier molecular flexibility index (Phi) is 3.19. The van der Waals surface area contributed by atoms with E-state index in [4.69, 9.17) is 10.2 Å². The summed E-state index contributed by atoms with van der Waals surface area (Å²) in [6.07, 6.45) is -1.33. The van der Waals surface area contributed by atoms with Gasteiger partial charge in [0.15, 0.2) is 11.6 Å². The fourth-order valence-corrected chi connectivity index (χ4v) is 0.763. The molecule has 0 radical (unpaired) electrons. The number of aromatic hydroxyl groups is 2. The van der Waals surface area contributed by atoms with Gasteiger partial charge in [0.1, 0.15) is 0 Å². The average molecular weight is 227 g/mol. The van der Waals surface area contributed by atoms with Crippen molar-refractivity contribution in [3.8, 4) is 17.5 Å². The molecule has 3 N–H and O–H groups in total. The summed E-state index contributed by atoms with van der Waals surface area (Å²) in [5.41, 5.74) is 0.0260. The van der Waals surface area contributed by atoms with Gasteiger partial charge in [-0.3, -0.25) is 4.98 Å². The van der Waals surface area contributed by atoms with E-state index in [2.05, 4.69) is 21.0 Å². The molecule has 0 amide bonds. The Morgan fingerprint density at radius 3 is 2.50 bits per heavy atom. The zero-order valence-electron chi connectivity index (χ0n) is 8.31. The number of hydrogen-bond acceptors (Lipinski definition) is 6. The molecule has 1 aromatic rings. The van der Waals surface area contributed by atoms with Crippen LogP contribution in [0.4, 0.5) is 4.79 Å². The van der Waals surface area contributed by atoms with Gasteiger partial charge in [-0.1, -0.05) is 6.58 Å². The topological polar surface area (TPSA) is 109 Å². The first kappa shape index (κ1) is 11.6. The van der Waals surface area contributed by atoms with Gasteiger partial charge in [-0.05, 0) is 6.92 Å². The molecule has 0 fully saturated rings. The lowest BCUT2D eigenvalue weighted by Gasteiger charge is -2.02. The molecule has 0 atom stereocenters. The molecule has 0 saturated carbocycles. The highest BCUT2D eigenvalue weighted by Gasteiger charge is 2.17. The maximum Gasteiger partial charge on any atom is 0.522 e. The Morgan fingerprint density at radius 1 is 1.44 bits per heavy atom. The lowest BCUT2D eigenvalue weighted by molar-refractivity contribution is -0.134. The molecule has 0 unspecified atom stereocenters. The minimum atomic E-state index is -1.33. The highest BCUT2D eigenvalue weighted by molar-refractivity contribution is 5.93. The van der Waals surface area contributed by atoms with Gasteiger partial charge in [0.05, 0.1) is 0 Å². The Bertz CT molecular complexity index is 447. The minimum Gasteiger partial charge on any atom is -0.494 e. The third-order valence-corrected chi connectivity index (χ3v) is 1.47. The van der Waals surface area contributed by atoms with Gasteiger partial charge in [-0.2, -0.15) is 0 Å². The van der Waals surface area contributed by atoms with Crippen molar-refractivity contribution in [2.75, 3.05) is 0 Å². The molecule has 0 aliphatic heterocycles. The predicted molar refractivity (Wildman–Crippen MR) is 51.1 cm³/mol. The third kappa shape index (κ3) is 2.77. The molecule has 0 aliphatic rings. The van der Waals surface area contributed by atoms with Gasteiger partial charge >= 0.3 is 12.1 Å². The lowest BCUT2D eigenvalue weighted by atomic mass is 10.4. The SMILES string of the molecule is C=C(C)C(=O)OC(=O)Oc1cc(O)[nH]c1O. The Hall–Kier alpha value is -2.44. The first-order chi connectivity index (χ1) is 7.40. The van der Waals surface area contributed by atoms with E-state index in [1.165, 1.54) is 6.92 Å². The summed E-state index contributed by atoms with van der Waals surface area (Å²) >= 11 is 0. The van der Waals surface area contributed by atoms with E-state index in [0.29, 0.717) is 0 Å². The lowest BCUT2D eigenvalue weighted by Crippen LogP contribution is -2.16. The zero-order chi connectivity index (χ0) is 12.3. The van der Waals surface area contributed by atoms with Crippen LogP contribution >= 0.6 is 0 Å². The summed E-state index contributed by atoms with van der Waals surface area (Å²) < 4.78 is 8.60. The molecular formula is C9H9NO6. The first-order valence-corrected chi connectivity index (χ1v) is 4.10. The number of rotatable bonds is 2. The molecule has 0 saturated heterocycles. The molecule has 1 rings (SSSR count). The standard InChI is InChI=1S/C9H9NO6/c1-4(2)8(13)16-9(14)15-5-3-6(11)10-7(5)12/h3,10-12H,1H2,2H3. The zero-order valence-corrected chi connectivity index (χ0v) is 8.31. The number of ether oxygens (including phenoxy) is 2. The molecule has 0 bridgehead atoms. The van der Waals surface area contributed by atoms with E-state index in [-0.39, 0.29) is 11.3 Å². The highest BCUT2D eigenvalue weighted by atomic mass is 16.7. The number of H-pyrrole nitrogens is 1. The molecule has 86 valence electrons. The van der Waals surface area contributed by atoms with Crippen LogP contribution < -0.4 is 4.74 Å². The smallest absolute Gasteiger partial charge is 0.494 e. The summed E-state index contributed by atoms with van der Waals surface area (Å²) in [5.74, 6) is -2.25. The van der Waals surface area contributed by atoms with Crippen LogP contribution in [0.1, 0.15) is 6.92 Å². The van der Waals surface area contributed by atoms with E-state index in [1.807, 2.05) is 0 Å². The van der Waals surface area contributed by atoms with Crippen molar-refractivity contribution in [3.05, 3.63) is 18.2 Å². The van der Waals surface area contributed by atoms with E-state index in [0.717, 1.165) is 6.07 Å². The number of carbonyl (C=O) groups is 2. The number of hydrogen-bond donors (Lipinski definition) is 3. The van der Waals surface area contributed by atoms with Gasteiger partial charge < -0.3 is 19.7 Å². The molecule has 16 heavy (non-hydrogen) atoms. The number of aromatic amines is 1.